The smallest absolute Gasteiger partial charge is 0.145 e. The largest absolute Gasteiger partial charge is 0.496 e. The summed E-state index contributed by atoms with van der Waals surface area (Å²) >= 11 is 0. The molecule has 0 radical (unpaired) electrons. The average molecular weight is 251 g/mol. The quantitative estimate of drug-likeness (QED) is 0.871. The van der Waals surface area contributed by atoms with Gasteiger partial charge in [0.2, 0.25) is 0 Å². The first-order chi connectivity index (χ1) is 8.65. The lowest BCUT2D eigenvalue weighted by molar-refractivity contribution is 0.184. The molecule has 2 rings (SSSR count). The number of nitrogens with two attached hydrogens (primary N) is 1. The first-order valence-corrected chi connectivity index (χ1v) is 5.32. The molecule has 2 aromatic rings. The maximum absolute atomic E-state index is 13.5. The Kier molecular flexibility index (Phi) is 3.47. The van der Waals surface area contributed by atoms with Gasteiger partial charge in [0.25, 0.3) is 0 Å². The molecule has 0 aliphatic heterocycles. The van der Waals surface area contributed by atoms with Crippen molar-refractivity contribution in [3.63, 3.8) is 0 Å². The van der Waals surface area contributed by atoms with Crippen LogP contribution in [-0.4, -0.2) is 24.4 Å². The van der Waals surface area contributed by atoms with Crippen LogP contribution in [0.4, 0.5) is 10.2 Å². The lowest BCUT2D eigenvalue weighted by Gasteiger charge is -2.12. The molecule has 0 atom stereocenters. The summed E-state index contributed by atoms with van der Waals surface area (Å²) in [5.41, 5.74) is 7.60. The minimum atomic E-state index is -0.380. The van der Waals surface area contributed by atoms with Crippen LogP contribution in [-0.2, 0) is 11.3 Å². The van der Waals surface area contributed by atoms with E-state index < -0.39 is 0 Å². The molecule has 0 aliphatic rings. The van der Waals surface area contributed by atoms with Gasteiger partial charge in [0.1, 0.15) is 17.4 Å². The van der Waals surface area contributed by atoms with Crippen LogP contribution < -0.4 is 10.5 Å². The Bertz CT molecular complexity index is 554. The average Bonchev–Trinajstić information content (AvgIpc) is 2.75. The Labute approximate surface area is 104 Å². The number of anilines is 1. The molecule has 0 fully saturated rings. The molecule has 0 saturated heterocycles. The Balaban J connectivity index is 2.61. The summed E-state index contributed by atoms with van der Waals surface area (Å²) in [7, 11) is 3.02. The Hall–Kier alpha value is -2.08. The van der Waals surface area contributed by atoms with Gasteiger partial charge in [-0.2, -0.15) is 5.10 Å². The van der Waals surface area contributed by atoms with Crippen LogP contribution >= 0.6 is 0 Å². The van der Waals surface area contributed by atoms with Crippen molar-refractivity contribution in [2.45, 2.75) is 6.61 Å². The molecule has 0 spiro atoms. The van der Waals surface area contributed by atoms with Gasteiger partial charge in [0, 0.05) is 24.8 Å². The summed E-state index contributed by atoms with van der Waals surface area (Å²) in [6.45, 7) is 0.266. The minimum absolute atomic E-state index is 0.266. The summed E-state index contributed by atoms with van der Waals surface area (Å²) in [5.74, 6) is 0.389. The lowest BCUT2D eigenvalue weighted by Crippen LogP contribution is -1.98. The molecule has 0 amide bonds. The number of methoxy groups -OCH3 is 2. The first-order valence-electron chi connectivity index (χ1n) is 5.32. The number of nitrogens with one attached hydrogen (secondary N) is 1. The molecule has 0 aliphatic carbocycles. The third-order valence-electron chi connectivity index (χ3n) is 2.54. The summed E-state index contributed by atoms with van der Waals surface area (Å²) in [6.07, 6.45) is 0. The van der Waals surface area contributed by atoms with E-state index in [1.165, 1.54) is 19.2 Å². The molecule has 96 valence electrons. The van der Waals surface area contributed by atoms with E-state index in [1.54, 1.807) is 13.2 Å². The molecule has 6 heteroatoms. The van der Waals surface area contributed by atoms with Gasteiger partial charge in [0.15, 0.2) is 0 Å². The SMILES string of the molecule is COCc1cc(F)cc(OC)c1-c1cc(N)n[nH]1. The maximum Gasteiger partial charge on any atom is 0.145 e. The second kappa shape index (κ2) is 5.05. The zero-order chi connectivity index (χ0) is 13.1. The second-order valence-electron chi connectivity index (χ2n) is 3.78. The number of ether oxygens (including phenoxy) is 2. The normalized spacial score (nSPS) is 10.6. The van der Waals surface area contributed by atoms with Crippen molar-refractivity contribution >= 4 is 5.82 Å². The van der Waals surface area contributed by atoms with Crippen LogP contribution in [0, 0.1) is 5.82 Å². The predicted molar refractivity (Wildman–Crippen MR) is 65.7 cm³/mol. The van der Waals surface area contributed by atoms with E-state index >= 15 is 0 Å². The Morgan fingerprint density at radius 1 is 1.33 bits per heavy atom. The molecule has 5 nitrogen and oxygen atoms in total. The highest BCUT2D eigenvalue weighted by atomic mass is 19.1. The highest BCUT2D eigenvalue weighted by Gasteiger charge is 2.15. The minimum Gasteiger partial charge on any atom is -0.496 e. The van der Waals surface area contributed by atoms with E-state index in [1.807, 2.05) is 0 Å². The van der Waals surface area contributed by atoms with Crippen molar-refractivity contribution < 1.29 is 13.9 Å². The maximum atomic E-state index is 13.5. The number of hydrogen-bond acceptors (Lipinski definition) is 4. The molecule has 1 aromatic heterocycles. The molecule has 0 unspecified atom stereocenters. The zero-order valence-electron chi connectivity index (χ0n) is 10.2. The molecule has 1 heterocycles. The van der Waals surface area contributed by atoms with Crippen LogP contribution in [0.2, 0.25) is 0 Å². The van der Waals surface area contributed by atoms with Gasteiger partial charge in [0.05, 0.1) is 19.4 Å². The van der Waals surface area contributed by atoms with Gasteiger partial charge >= 0.3 is 0 Å². The highest BCUT2D eigenvalue weighted by Crippen LogP contribution is 2.34. The van der Waals surface area contributed by atoms with Gasteiger partial charge < -0.3 is 15.2 Å². The molecule has 3 N–H and O–H groups in total. The summed E-state index contributed by atoms with van der Waals surface area (Å²) in [4.78, 5) is 0. The van der Waals surface area contributed by atoms with Gasteiger partial charge in [-0.1, -0.05) is 0 Å². The van der Waals surface area contributed by atoms with Crippen molar-refractivity contribution in [2.75, 3.05) is 20.0 Å². The van der Waals surface area contributed by atoms with Crippen molar-refractivity contribution in [1.29, 1.82) is 0 Å². The third-order valence-corrected chi connectivity index (χ3v) is 2.54. The van der Waals surface area contributed by atoms with Crippen LogP contribution in [0.25, 0.3) is 11.3 Å². The Morgan fingerprint density at radius 2 is 2.11 bits per heavy atom. The number of halogens is 1. The molecule has 18 heavy (non-hydrogen) atoms. The van der Waals surface area contributed by atoms with E-state index in [0.717, 1.165) is 0 Å². The van der Waals surface area contributed by atoms with Gasteiger partial charge in [-0.15, -0.1) is 0 Å². The third kappa shape index (κ3) is 2.28. The van der Waals surface area contributed by atoms with E-state index in [9.17, 15) is 4.39 Å². The van der Waals surface area contributed by atoms with Crippen LogP contribution in [0.15, 0.2) is 18.2 Å². The Morgan fingerprint density at radius 3 is 2.67 bits per heavy atom. The summed E-state index contributed by atoms with van der Waals surface area (Å²) < 4.78 is 23.7. The van der Waals surface area contributed by atoms with Gasteiger partial charge in [-0.3, -0.25) is 5.10 Å². The number of nitrogen functional groups attached to an aromatic ring is 1. The number of aromatic nitrogens is 2. The molecule has 0 saturated carbocycles. The fourth-order valence-corrected chi connectivity index (χ4v) is 1.84. The molecule has 0 bridgehead atoms. The van der Waals surface area contributed by atoms with E-state index in [4.69, 9.17) is 15.2 Å². The van der Waals surface area contributed by atoms with Gasteiger partial charge in [-0.05, 0) is 11.6 Å². The van der Waals surface area contributed by atoms with Crippen molar-refractivity contribution in [3.8, 4) is 17.0 Å². The number of benzene rings is 1. The topological polar surface area (TPSA) is 73.2 Å². The van der Waals surface area contributed by atoms with Gasteiger partial charge in [-0.25, -0.2) is 4.39 Å². The lowest BCUT2D eigenvalue weighted by atomic mass is 10.0. The van der Waals surface area contributed by atoms with Crippen molar-refractivity contribution in [2.24, 2.45) is 0 Å². The fourth-order valence-electron chi connectivity index (χ4n) is 1.84. The van der Waals surface area contributed by atoms with Crippen molar-refractivity contribution in [3.05, 3.63) is 29.6 Å². The number of aromatic amines is 1. The van der Waals surface area contributed by atoms with Crippen LogP contribution in [0.1, 0.15) is 5.56 Å². The number of H-pyrrole nitrogens is 1. The van der Waals surface area contributed by atoms with E-state index in [2.05, 4.69) is 10.2 Å². The standard InChI is InChI=1S/C12H14FN3O2/c1-17-6-7-3-8(13)4-10(18-2)12(7)9-5-11(14)16-15-9/h3-5H,6H2,1-2H3,(H3,14,15,16). The predicted octanol–water partition coefficient (Wildman–Crippen LogP) is 1.95. The molecule has 1 aromatic carbocycles. The first kappa shape index (κ1) is 12.4. The van der Waals surface area contributed by atoms with E-state index in [0.29, 0.717) is 28.4 Å². The molecular formula is C12H14FN3O2. The summed E-state index contributed by atoms with van der Waals surface area (Å²) in [5, 5.41) is 6.64. The van der Waals surface area contributed by atoms with Crippen molar-refractivity contribution in [1.82, 2.24) is 10.2 Å². The second-order valence-corrected chi connectivity index (χ2v) is 3.78. The van der Waals surface area contributed by atoms with Crippen LogP contribution in [0.3, 0.4) is 0 Å². The monoisotopic (exact) mass is 251 g/mol. The van der Waals surface area contributed by atoms with Crippen LogP contribution in [0.5, 0.6) is 5.75 Å². The number of rotatable bonds is 4. The number of hydrogen-bond donors (Lipinski definition) is 2. The zero-order valence-corrected chi connectivity index (χ0v) is 10.2. The number of nitrogens with zero attached hydrogens (tertiary/aromatic N) is 1. The van der Waals surface area contributed by atoms with E-state index in [-0.39, 0.29) is 12.4 Å². The fraction of sp³-hybridized carbons (Fsp3) is 0.250. The summed E-state index contributed by atoms with van der Waals surface area (Å²) in [6, 6.07) is 4.37. The molecular weight excluding hydrogens is 237 g/mol. The highest BCUT2D eigenvalue weighted by molar-refractivity contribution is 5.72.